The van der Waals surface area contributed by atoms with Gasteiger partial charge in [-0.2, -0.15) is 0 Å². The minimum Gasteiger partial charge on any atom is 0 e. The molecule has 1 radical (unpaired) electrons. The normalized spacial score (nSPS) is 15.1. The molecule has 0 aliphatic heterocycles. The molecule has 0 saturated carbocycles. The number of benzene rings is 4. The second-order valence-corrected chi connectivity index (χ2v) is 24.6. The van der Waals surface area contributed by atoms with Gasteiger partial charge >= 0.3 is 139 Å². The number of pyridine rings is 2. The van der Waals surface area contributed by atoms with Gasteiger partial charge in [-0.05, 0) is 34.8 Å². The van der Waals surface area contributed by atoms with Crippen LogP contribution in [0.3, 0.4) is 0 Å². The van der Waals surface area contributed by atoms with Crippen LogP contribution in [0.25, 0.3) is 55.6 Å². The summed E-state index contributed by atoms with van der Waals surface area (Å²) in [6.45, 7) is 2.92. The van der Waals surface area contributed by atoms with Gasteiger partial charge in [0.05, 0.1) is 5.58 Å². The minimum atomic E-state index is -2.32. The van der Waals surface area contributed by atoms with Gasteiger partial charge in [0.2, 0.25) is 0 Å². The van der Waals surface area contributed by atoms with Crippen LogP contribution in [0.5, 0.6) is 0 Å². The number of fused-ring (bicyclic) bond motifs is 3. The molecule has 0 N–H and O–H groups in total. The van der Waals surface area contributed by atoms with Crippen molar-refractivity contribution in [1.29, 1.82) is 0 Å². The molecule has 3 nitrogen and oxygen atoms in total. The molecule has 0 bridgehead atoms. The van der Waals surface area contributed by atoms with Crippen LogP contribution in [0.1, 0.15) is 68.2 Å². The van der Waals surface area contributed by atoms with Crippen molar-refractivity contribution in [2.45, 2.75) is 70.9 Å². The van der Waals surface area contributed by atoms with Gasteiger partial charge in [0.1, 0.15) is 5.58 Å². The second kappa shape index (κ2) is 16.2. The maximum atomic E-state index is 8.60. The molecule has 263 valence electrons. The fourth-order valence-corrected chi connectivity index (χ4v) is 8.86. The average molecular weight is 919 g/mol. The third-order valence-corrected chi connectivity index (χ3v) is 12.7. The molecule has 51 heavy (non-hydrogen) atoms. The van der Waals surface area contributed by atoms with Gasteiger partial charge in [0, 0.05) is 37.2 Å². The van der Waals surface area contributed by atoms with Crippen LogP contribution in [0.2, 0.25) is 17.3 Å². The van der Waals surface area contributed by atoms with E-state index in [9.17, 15) is 0 Å². The van der Waals surface area contributed by atoms with E-state index < -0.39 is 39.2 Å². The largest absolute Gasteiger partial charge is 0 e. The maximum Gasteiger partial charge on any atom is 0 e. The number of hydrogen-bond acceptors (Lipinski definition) is 3. The van der Waals surface area contributed by atoms with Crippen molar-refractivity contribution >= 4 is 39.6 Å². The van der Waals surface area contributed by atoms with E-state index in [2.05, 4.69) is 39.4 Å². The zero-order valence-corrected chi connectivity index (χ0v) is 34.5. The van der Waals surface area contributed by atoms with E-state index in [0.29, 0.717) is 44.6 Å². The van der Waals surface area contributed by atoms with Crippen molar-refractivity contribution in [3.63, 3.8) is 0 Å². The Hall–Kier alpha value is -3.83. The molecule has 0 saturated heterocycles. The smallest absolute Gasteiger partial charge is 0 e. The Morgan fingerprint density at radius 2 is 1.65 bits per heavy atom. The van der Waals surface area contributed by atoms with E-state index in [0.717, 1.165) is 26.5 Å². The van der Waals surface area contributed by atoms with Crippen LogP contribution in [0.4, 0.5) is 0 Å². The van der Waals surface area contributed by atoms with Crippen molar-refractivity contribution in [2.24, 2.45) is 5.92 Å². The summed E-state index contributed by atoms with van der Waals surface area (Å²) in [5.41, 5.74) is 7.50. The Kier molecular flexibility index (Phi) is 8.84. The Balaban J connectivity index is 0.000000231. The Bertz CT molecular complexity index is 2610. The standard InChI is InChI=1S/C27H22NO.C19H26GeN.Ir/c1-17(2)20-13-14-28-24(15-20)22-11-9-18(3)26-23-12-10-21(16-25(23)29-27(22)26)19-7-5-4-6-8-19;1-14(2)11-17-12-19(16-9-7-15(3)8-10-16)21-13-18(17)20(4,5)6;/h4-10,12-17H,1-3H3;7-9,12-14H,11H2,1-6H3;/q2*-1;/i3D3,17D;3D3,11D2;. The van der Waals surface area contributed by atoms with Crippen LogP contribution in [-0.2, 0) is 26.5 Å². The number of aryl methyl sites for hydroxylation is 2. The van der Waals surface area contributed by atoms with Gasteiger partial charge in [-0.1, -0.05) is 85.7 Å². The van der Waals surface area contributed by atoms with Crippen LogP contribution in [0, 0.1) is 31.8 Å². The molecule has 0 amide bonds. The summed E-state index contributed by atoms with van der Waals surface area (Å²) in [7, 11) is 0. The molecule has 7 rings (SSSR count). The van der Waals surface area contributed by atoms with Gasteiger partial charge in [-0.25, -0.2) is 0 Å². The molecule has 0 spiro atoms. The average Bonchev–Trinajstić information content (AvgIpc) is 3.55. The van der Waals surface area contributed by atoms with E-state index in [1.807, 2.05) is 101 Å². The van der Waals surface area contributed by atoms with Crippen LogP contribution < -0.4 is 4.40 Å². The quantitative estimate of drug-likeness (QED) is 0.118. The summed E-state index contributed by atoms with van der Waals surface area (Å²) in [6.07, 6.45) is 2.02. The molecule has 4 aromatic carbocycles. The van der Waals surface area contributed by atoms with E-state index in [1.54, 1.807) is 18.3 Å². The Morgan fingerprint density at radius 1 is 0.843 bits per heavy atom. The molecule has 0 atom stereocenters. The van der Waals surface area contributed by atoms with Crippen molar-refractivity contribution in [3.8, 4) is 33.6 Å². The van der Waals surface area contributed by atoms with Crippen LogP contribution in [-0.4, -0.2) is 23.2 Å². The Morgan fingerprint density at radius 3 is 2.31 bits per heavy atom. The molecule has 7 aromatic rings. The first-order chi connectivity index (χ1) is 27.4. The molecule has 0 unspecified atom stereocenters. The molecule has 5 heteroatoms. The number of nitrogens with zero attached hydrogens (tertiary/aromatic N) is 2. The van der Waals surface area contributed by atoms with Crippen LogP contribution >= 0.6 is 0 Å². The van der Waals surface area contributed by atoms with Crippen molar-refractivity contribution in [3.05, 3.63) is 138 Å². The minimum absolute atomic E-state index is 0. The van der Waals surface area contributed by atoms with Gasteiger partial charge in [-0.3, -0.25) is 0 Å². The summed E-state index contributed by atoms with van der Waals surface area (Å²) in [6, 6.07) is 33.6. The topological polar surface area (TPSA) is 38.9 Å². The zero-order valence-electron chi connectivity index (χ0n) is 39.0. The molecule has 0 aliphatic carbocycles. The third kappa shape index (κ3) is 8.80. The predicted molar refractivity (Wildman–Crippen MR) is 215 cm³/mol. The van der Waals surface area contributed by atoms with E-state index >= 15 is 0 Å². The second-order valence-electron chi connectivity index (χ2n) is 14.0. The zero-order chi connectivity index (χ0) is 43.3. The monoisotopic (exact) mass is 920 g/mol. The first-order valence-electron chi connectivity index (χ1n) is 21.3. The fourth-order valence-electron chi connectivity index (χ4n) is 5.92. The Labute approximate surface area is 333 Å². The first kappa shape index (κ1) is 27.8. The van der Waals surface area contributed by atoms with Gasteiger partial charge in [0.25, 0.3) is 0 Å². The number of hydrogen-bond donors (Lipinski definition) is 0. The van der Waals surface area contributed by atoms with Gasteiger partial charge in [0.15, 0.2) is 0 Å². The van der Waals surface area contributed by atoms with E-state index in [4.69, 9.17) is 16.8 Å². The number of rotatable bonds is 7. The van der Waals surface area contributed by atoms with Crippen molar-refractivity contribution in [2.75, 3.05) is 0 Å². The summed E-state index contributed by atoms with van der Waals surface area (Å²) >= 11 is -2.32. The maximum absolute atomic E-state index is 8.60. The van der Waals surface area contributed by atoms with Crippen LogP contribution in [0.15, 0.2) is 108 Å². The SMILES string of the molecule is [2H]C([2H])([2H])c1c[c-]c(-c2cc(C([2H])(C)C)ccn2)c2oc3cc(-c4ccccc4)ccc3c12.[2H]C([2H])([2H])c1c[c-]c(-c2cc(C([2H])([2H])C(C)C)[c]([Ge]([CH3])([CH3])[CH3])cn2)cc1.[Ir]. The summed E-state index contributed by atoms with van der Waals surface area (Å²) < 4.78 is 79.5. The van der Waals surface area contributed by atoms with E-state index in [-0.39, 0.29) is 37.2 Å². The van der Waals surface area contributed by atoms with E-state index in [1.165, 1.54) is 12.1 Å². The van der Waals surface area contributed by atoms with Crippen molar-refractivity contribution in [1.82, 2.24) is 9.97 Å². The van der Waals surface area contributed by atoms with Gasteiger partial charge in [-0.15, -0.1) is 17.7 Å². The molecule has 0 fully saturated rings. The summed E-state index contributed by atoms with van der Waals surface area (Å²) in [5.74, 6) is 5.73. The van der Waals surface area contributed by atoms with Gasteiger partial charge < -0.3 is 9.40 Å². The fraction of sp³-hybridized carbons (Fsp3) is 0.261. The molecule has 3 heterocycles. The number of aromatic nitrogens is 2. The first-order valence-corrected chi connectivity index (χ1v) is 24.2. The third-order valence-electron chi connectivity index (χ3n) is 8.49. The summed E-state index contributed by atoms with van der Waals surface area (Å²) in [5, 5.41) is 1.29. The molecule has 3 aromatic heterocycles. The molecular weight excluding hydrogens is 861 g/mol. The van der Waals surface area contributed by atoms with Crippen molar-refractivity contribution < 1.29 is 36.9 Å². The predicted octanol–water partition coefficient (Wildman–Crippen LogP) is 12.1. The number of furan rings is 1. The molecule has 0 aliphatic rings. The summed E-state index contributed by atoms with van der Waals surface area (Å²) in [4.78, 5) is 9.03. The molecular formula is C46H48GeIrN2O-2.